The largest absolute Gasteiger partial charge is 0.508 e. The molecular weight excluding hydrogens is 164 g/mol. The van der Waals surface area contributed by atoms with Crippen LogP contribution in [-0.4, -0.2) is 11.1 Å². The molecule has 13 heavy (non-hydrogen) atoms. The van der Waals surface area contributed by atoms with E-state index in [9.17, 15) is 5.11 Å². The highest BCUT2D eigenvalue weighted by atomic mass is 16.3. The lowest BCUT2D eigenvalue weighted by molar-refractivity contribution is 0.461. The van der Waals surface area contributed by atoms with Crippen molar-refractivity contribution >= 4 is 5.69 Å². The first-order chi connectivity index (χ1) is 6.09. The van der Waals surface area contributed by atoms with Crippen LogP contribution in [0.2, 0.25) is 0 Å². The zero-order valence-electron chi connectivity index (χ0n) is 8.04. The van der Waals surface area contributed by atoms with E-state index < -0.39 is 0 Å². The number of nitrogens with one attached hydrogen (secondary N) is 1. The van der Waals surface area contributed by atoms with E-state index in [-0.39, 0.29) is 5.75 Å². The van der Waals surface area contributed by atoms with Gasteiger partial charge in [0.15, 0.2) is 0 Å². The minimum absolute atomic E-state index is 0.258. The Balaban J connectivity index is 2.67. The number of nitrogens with two attached hydrogens (primary N) is 1. The molecule has 1 aromatic carbocycles. The summed E-state index contributed by atoms with van der Waals surface area (Å²) in [4.78, 5) is 0. The Labute approximate surface area is 78.6 Å². The number of nitrogen functional groups attached to an aromatic ring is 1. The van der Waals surface area contributed by atoms with Gasteiger partial charge in [0.1, 0.15) is 5.75 Å². The number of benzene rings is 1. The van der Waals surface area contributed by atoms with E-state index in [1.807, 2.05) is 6.07 Å². The summed E-state index contributed by atoms with van der Waals surface area (Å²) in [5.74, 6) is 0.258. The molecule has 72 valence electrons. The van der Waals surface area contributed by atoms with Gasteiger partial charge in [-0.2, -0.15) is 0 Å². The van der Waals surface area contributed by atoms with E-state index in [4.69, 9.17) is 5.73 Å². The summed E-state index contributed by atoms with van der Waals surface area (Å²) in [6.07, 6.45) is 0. The zero-order valence-corrected chi connectivity index (χ0v) is 8.04. The molecule has 0 saturated heterocycles. The van der Waals surface area contributed by atoms with Crippen molar-refractivity contribution in [2.75, 3.05) is 5.73 Å². The first kappa shape index (κ1) is 9.86. The van der Waals surface area contributed by atoms with Crippen LogP contribution in [0.1, 0.15) is 19.4 Å². The average molecular weight is 180 g/mol. The summed E-state index contributed by atoms with van der Waals surface area (Å²) in [7, 11) is 0. The van der Waals surface area contributed by atoms with Gasteiger partial charge in [0.05, 0.1) is 0 Å². The Morgan fingerprint density at radius 3 is 2.69 bits per heavy atom. The van der Waals surface area contributed by atoms with Crippen LogP contribution in [0, 0.1) is 0 Å². The Hall–Kier alpha value is -1.22. The van der Waals surface area contributed by atoms with E-state index >= 15 is 0 Å². The van der Waals surface area contributed by atoms with Crippen LogP contribution >= 0.6 is 0 Å². The lowest BCUT2D eigenvalue weighted by atomic mass is 10.1. The van der Waals surface area contributed by atoms with Crippen LogP contribution in [0.4, 0.5) is 5.69 Å². The molecule has 0 bridgehead atoms. The standard InChI is InChI=1S/C10H16N2O/c1-7(2)12-6-8-3-4-9(11)5-10(8)13/h3-5,7,12-13H,6,11H2,1-2H3. The SMILES string of the molecule is CC(C)NCc1ccc(N)cc1O. The molecule has 0 atom stereocenters. The number of aromatic hydroxyl groups is 1. The third-order valence-corrected chi connectivity index (χ3v) is 1.81. The molecule has 0 heterocycles. The summed E-state index contributed by atoms with van der Waals surface area (Å²) in [5, 5.41) is 12.7. The highest BCUT2D eigenvalue weighted by Gasteiger charge is 2.01. The number of hydrogen-bond acceptors (Lipinski definition) is 3. The maximum atomic E-state index is 9.48. The van der Waals surface area contributed by atoms with E-state index in [0.717, 1.165) is 5.56 Å². The number of phenols is 1. The third-order valence-electron chi connectivity index (χ3n) is 1.81. The Morgan fingerprint density at radius 2 is 2.15 bits per heavy atom. The normalized spacial score (nSPS) is 10.7. The average Bonchev–Trinajstić information content (AvgIpc) is 2.02. The molecule has 0 spiro atoms. The highest BCUT2D eigenvalue weighted by molar-refractivity contribution is 5.47. The van der Waals surface area contributed by atoms with Crippen LogP contribution in [0.3, 0.4) is 0 Å². The van der Waals surface area contributed by atoms with Crippen LogP contribution in [-0.2, 0) is 6.54 Å². The van der Waals surface area contributed by atoms with Gasteiger partial charge in [0, 0.05) is 29.9 Å². The maximum absolute atomic E-state index is 9.48. The van der Waals surface area contributed by atoms with Gasteiger partial charge in [-0.3, -0.25) is 0 Å². The van der Waals surface area contributed by atoms with Crippen molar-refractivity contribution in [3.63, 3.8) is 0 Å². The van der Waals surface area contributed by atoms with Crippen LogP contribution in [0.15, 0.2) is 18.2 Å². The second kappa shape index (κ2) is 4.14. The minimum Gasteiger partial charge on any atom is -0.508 e. The second-order valence-corrected chi connectivity index (χ2v) is 3.42. The van der Waals surface area contributed by atoms with Crippen molar-refractivity contribution < 1.29 is 5.11 Å². The lowest BCUT2D eigenvalue weighted by Gasteiger charge is -2.09. The topological polar surface area (TPSA) is 58.3 Å². The number of rotatable bonds is 3. The molecule has 0 aliphatic carbocycles. The Kier molecular flexibility index (Phi) is 3.14. The summed E-state index contributed by atoms with van der Waals surface area (Å²) >= 11 is 0. The molecule has 0 unspecified atom stereocenters. The van der Waals surface area contributed by atoms with Gasteiger partial charge in [0.25, 0.3) is 0 Å². The predicted molar refractivity (Wildman–Crippen MR) is 54.5 cm³/mol. The zero-order chi connectivity index (χ0) is 9.84. The summed E-state index contributed by atoms with van der Waals surface area (Å²) in [5.41, 5.74) is 6.97. The van der Waals surface area contributed by atoms with Gasteiger partial charge < -0.3 is 16.2 Å². The summed E-state index contributed by atoms with van der Waals surface area (Å²) in [6, 6.07) is 5.60. The van der Waals surface area contributed by atoms with Crippen molar-refractivity contribution in [3.05, 3.63) is 23.8 Å². The van der Waals surface area contributed by atoms with Crippen LogP contribution in [0.25, 0.3) is 0 Å². The van der Waals surface area contributed by atoms with Crippen molar-refractivity contribution in [2.45, 2.75) is 26.4 Å². The fraction of sp³-hybridized carbons (Fsp3) is 0.400. The lowest BCUT2D eigenvalue weighted by Crippen LogP contribution is -2.21. The van der Waals surface area contributed by atoms with Crippen LogP contribution < -0.4 is 11.1 Å². The van der Waals surface area contributed by atoms with Gasteiger partial charge in [-0.1, -0.05) is 19.9 Å². The molecule has 0 aliphatic rings. The Bertz CT molecular complexity index is 284. The molecule has 1 aromatic rings. The summed E-state index contributed by atoms with van der Waals surface area (Å²) in [6.45, 7) is 4.80. The second-order valence-electron chi connectivity index (χ2n) is 3.42. The third kappa shape index (κ3) is 2.95. The van der Waals surface area contributed by atoms with Crippen molar-refractivity contribution in [1.82, 2.24) is 5.32 Å². The molecule has 0 aromatic heterocycles. The number of phenolic OH excluding ortho intramolecular Hbond substituents is 1. The first-order valence-corrected chi connectivity index (χ1v) is 4.40. The van der Waals surface area contributed by atoms with E-state index in [0.29, 0.717) is 18.3 Å². The highest BCUT2D eigenvalue weighted by Crippen LogP contribution is 2.19. The van der Waals surface area contributed by atoms with Crippen molar-refractivity contribution in [3.8, 4) is 5.75 Å². The quantitative estimate of drug-likeness (QED) is 0.617. The van der Waals surface area contributed by atoms with Crippen molar-refractivity contribution in [1.29, 1.82) is 0 Å². The molecular formula is C10H16N2O. The van der Waals surface area contributed by atoms with E-state index in [2.05, 4.69) is 19.2 Å². The van der Waals surface area contributed by atoms with Gasteiger partial charge in [0.2, 0.25) is 0 Å². The predicted octanol–water partition coefficient (Wildman–Crippen LogP) is 1.47. The van der Waals surface area contributed by atoms with Gasteiger partial charge >= 0.3 is 0 Å². The molecule has 0 fully saturated rings. The molecule has 0 radical (unpaired) electrons. The molecule has 0 amide bonds. The van der Waals surface area contributed by atoms with E-state index in [1.165, 1.54) is 0 Å². The Morgan fingerprint density at radius 1 is 1.46 bits per heavy atom. The minimum atomic E-state index is 0.258. The molecule has 4 N–H and O–H groups in total. The monoisotopic (exact) mass is 180 g/mol. The molecule has 3 heteroatoms. The summed E-state index contributed by atoms with van der Waals surface area (Å²) < 4.78 is 0. The first-order valence-electron chi connectivity index (χ1n) is 4.40. The molecule has 0 saturated carbocycles. The van der Waals surface area contributed by atoms with Crippen LogP contribution in [0.5, 0.6) is 5.75 Å². The van der Waals surface area contributed by atoms with Gasteiger partial charge in [-0.05, 0) is 6.07 Å². The number of hydrogen-bond donors (Lipinski definition) is 3. The van der Waals surface area contributed by atoms with Crippen molar-refractivity contribution in [2.24, 2.45) is 0 Å². The molecule has 3 nitrogen and oxygen atoms in total. The van der Waals surface area contributed by atoms with Gasteiger partial charge in [-0.25, -0.2) is 0 Å². The number of anilines is 1. The van der Waals surface area contributed by atoms with Gasteiger partial charge in [-0.15, -0.1) is 0 Å². The fourth-order valence-corrected chi connectivity index (χ4v) is 1.04. The fourth-order valence-electron chi connectivity index (χ4n) is 1.04. The smallest absolute Gasteiger partial charge is 0.122 e. The van der Waals surface area contributed by atoms with E-state index in [1.54, 1.807) is 12.1 Å². The maximum Gasteiger partial charge on any atom is 0.122 e. The molecule has 1 rings (SSSR count). The molecule has 0 aliphatic heterocycles.